The van der Waals surface area contributed by atoms with Crippen molar-refractivity contribution in [1.82, 2.24) is 9.80 Å². The Hall–Kier alpha value is -2.37. The number of nitrogens with zero attached hydrogens (tertiary/aromatic N) is 3. The van der Waals surface area contributed by atoms with Gasteiger partial charge in [-0.25, -0.2) is 0 Å². The molecule has 3 fully saturated rings. The number of anilines is 2. The molecule has 0 aromatic heterocycles. The maximum Gasteiger partial charge on any atom is 0.238 e. The van der Waals surface area contributed by atoms with E-state index in [2.05, 4.69) is 62.5 Å². The fourth-order valence-corrected chi connectivity index (χ4v) is 4.56. The van der Waals surface area contributed by atoms with E-state index in [1.165, 1.54) is 36.9 Å². The van der Waals surface area contributed by atoms with Crippen LogP contribution in [0.1, 0.15) is 31.2 Å². The van der Waals surface area contributed by atoms with E-state index in [4.69, 9.17) is 0 Å². The molecule has 0 bridgehead atoms. The Bertz CT molecular complexity index is 853. The molecule has 1 heterocycles. The van der Waals surface area contributed by atoms with Gasteiger partial charge in [-0.05, 0) is 61.4 Å². The van der Waals surface area contributed by atoms with Crippen molar-refractivity contribution in [1.29, 1.82) is 0 Å². The molecule has 0 spiro atoms. The molecule has 0 radical (unpaired) electrons. The number of carbonyl (C=O) groups excluding carboxylic acids is 1. The SMILES string of the molecule is O=C(CN(CC1CC1)C1CC1)Nc1ccc(N2CCN(Cc3ccccc3)CC2)cc1. The Morgan fingerprint density at radius 3 is 2.26 bits per heavy atom. The topological polar surface area (TPSA) is 38.8 Å². The van der Waals surface area contributed by atoms with Crippen LogP contribution in [0.5, 0.6) is 0 Å². The van der Waals surface area contributed by atoms with Crippen LogP contribution in [0, 0.1) is 5.92 Å². The summed E-state index contributed by atoms with van der Waals surface area (Å²) in [6.07, 6.45) is 5.19. The molecule has 2 aromatic rings. The molecule has 5 nitrogen and oxygen atoms in total. The van der Waals surface area contributed by atoms with Gasteiger partial charge >= 0.3 is 0 Å². The monoisotopic (exact) mass is 418 g/mol. The molecule has 0 atom stereocenters. The van der Waals surface area contributed by atoms with Crippen LogP contribution >= 0.6 is 0 Å². The first-order valence-corrected chi connectivity index (χ1v) is 11.9. The lowest BCUT2D eigenvalue weighted by Crippen LogP contribution is -2.45. The molecular weight excluding hydrogens is 384 g/mol. The van der Waals surface area contributed by atoms with E-state index in [9.17, 15) is 4.79 Å². The number of hydrogen-bond acceptors (Lipinski definition) is 4. The third kappa shape index (κ3) is 5.86. The average Bonchev–Trinajstić information content (AvgIpc) is 3.70. The van der Waals surface area contributed by atoms with Crippen LogP contribution in [0.25, 0.3) is 0 Å². The number of amides is 1. The number of hydrogen-bond donors (Lipinski definition) is 1. The molecule has 2 saturated carbocycles. The molecule has 2 aromatic carbocycles. The van der Waals surface area contributed by atoms with E-state index in [1.807, 2.05) is 12.1 Å². The summed E-state index contributed by atoms with van der Waals surface area (Å²) in [5.74, 6) is 0.954. The summed E-state index contributed by atoms with van der Waals surface area (Å²) in [4.78, 5) is 19.9. The Morgan fingerprint density at radius 2 is 1.61 bits per heavy atom. The van der Waals surface area contributed by atoms with Crippen LogP contribution in [0.4, 0.5) is 11.4 Å². The van der Waals surface area contributed by atoms with Gasteiger partial charge in [-0.2, -0.15) is 0 Å². The van der Waals surface area contributed by atoms with Crippen molar-refractivity contribution in [3.8, 4) is 0 Å². The van der Waals surface area contributed by atoms with Crippen molar-refractivity contribution >= 4 is 17.3 Å². The third-order valence-electron chi connectivity index (χ3n) is 6.74. The fraction of sp³-hybridized carbons (Fsp3) is 0.500. The van der Waals surface area contributed by atoms with Crippen molar-refractivity contribution in [3.05, 3.63) is 60.2 Å². The van der Waals surface area contributed by atoms with Crippen molar-refractivity contribution in [2.24, 2.45) is 5.92 Å². The molecule has 5 heteroatoms. The Morgan fingerprint density at radius 1 is 0.903 bits per heavy atom. The first-order chi connectivity index (χ1) is 15.2. The number of piperazine rings is 1. The lowest BCUT2D eigenvalue weighted by molar-refractivity contribution is -0.117. The normalized spacial score (nSPS) is 19.6. The maximum atomic E-state index is 12.6. The third-order valence-corrected chi connectivity index (χ3v) is 6.74. The molecule has 3 aliphatic rings. The van der Waals surface area contributed by atoms with Gasteiger partial charge in [0, 0.05) is 56.7 Å². The highest BCUT2D eigenvalue weighted by Gasteiger charge is 2.34. The van der Waals surface area contributed by atoms with Crippen molar-refractivity contribution in [2.45, 2.75) is 38.3 Å². The zero-order valence-corrected chi connectivity index (χ0v) is 18.4. The van der Waals surface area contributed by atoms with Gasteiger partial charge in [-0.1, -0.05) is 30.3 Å². The molecule has 1 amide bonds. The molecule has 31 heavy (non-hydrogen) atoms. The number of carbonyl (C=O) groups is 1. The van der Waals surface area contributed by atoms with Gasteiger partial charge in [0.2, 0.25) is 5.91 Å². The summed E-state index contributed by atoms with van der Waals surface area (Å²) in [7, 11) is 0. The number of benzene rings is 2. The summed E-state index contributed by atoms with van der Waals surface area (Å²) in [5, 5.41) is 3.11. The van der Waals surface area contributed by atoms with Crippen molar-refractivity contribution < 1.29 is 4.79 Å². The molecule has 1 N–H and O–H groups in total. The fourth-order valence-electron chi connectivity index (χ4n) is 4.56. The predicted molar refractivity (Wildman–Crippen MR) is 126 cm³/mol. The van der Waals surface area contributed by atoms with E-state index < -0.39 is 0 Å². The Kier molecular flexibility index (Phi) is 6.23. The van der Waals surface area contributed by atoms with Gasteiger partial charge < -0.3 is 10.2 Å². The molecule has 1 aliphatic heterocycles. The zero-order valence-electron chi connectivity index (χ0n) is 18.4. The summed E-state index contributed by atoms with van der Waals surface area (Å²) >= 11 is 0. The molecule has 5 rings (SSSR count). The lowest BCUT2D eigenvalue weighted by Gasteiger charge is -2.36. The minimum Gasteiger partial charge on any atom is -0.369 e. The summed E-state index contributed by atoms with van der Waals surface area (Å²) in [6, 6.07) is 19.7. The van der Waals surface area contributed by atoms with E-state index in [0.717, 1.165) is 50.9 Å². The minimum absolute atomic E-state index is 0.120. The Labute approximate surface area is 186 Å². The van der Waals surface area contributed by atoms with Gasteiger partial charge in [0.15, 0.2) is 0 Å². The number of nitrogens with one attached hydrogen (secondary N) is 1. The molecular formula is C26H34N4O. The van der Waals surface area contributed by atoms with Crippen LogP contribution in [0.15, 0.2) is 54.6 Å². The summed E-state index contributed by atoms with van der Waals surface area (Å²) in [6.45, 7) is 6.89. The van der Waals surface area contributed by atoms with Crippen LogP contribution in [-0.4, -0.2) is 61.0 Å². The highest BCUT2D eigenvalue weighted by atomic mass is 16.2. The second kappa shape index (κ2) is 9.41. The lowest BCUT2D eigenvalue weighted by atomic mass is 10.2. The summed E-state index contributed by atoms with van der Waals surface area (Å²) < 4.78 is 0. The smallest absolute Gasteiger partial charge is 0.238 e. The number of rotatable bonds is 9. The first kappa shape index (κ1) is 20.5. The van der Waals surface area contributed by atoms with Crippen LogP contribution < -0.4 is 10.2 Å². The van der Waals surface area contributed by atoms with Crippen LogP contribution in [0.3, 0.4) is 0 Å². The van der Waals surface area contributed by atoms with Crippen LogP contribution in [0.2, 0.25) is 0 Å². The highest BCUT2D eigenvalue weighted by molar-refractivity contribution is 5.92. The quantitative estimate of drug-likeness (QED) is 0.672. The predicted octanol–water partition coefficient (Wildman–Crippen LogP) is 3.82. The maximum absolute atomic E-state index is 12.6. The standard InChI is InChI=1S/C26H34N4O/c31-26(20-30(25-12-13-25)19-22-6-7-22)27-23-8-10-24(11-9-23)29-16-14-28(15-17-29)18-21-4-2-1-3-5-21/h1-5,8-11,22,25H,6-7,12-20H2,(H,27,31). The van der Waals surface area contributed by atoms with Gasteiger partial charge in [0.25, 0.3) is 0 Å². The minimum atomic E-state index is 0.120. The second-order valence-corrected chi connectivity index (χ2v) is 9.45. The van der Waals surface area contributed by atoms with E-state index >= 15 is 0 Å². The largest absolute Gasteiger partial charge is 0.369 e. The van der Waals surface area contributed by atoms with Gasteiger partial charge in [-0.3, -0.25) is 14.6 Å². The van der Waals surface area contributed by atoms with Crippen LogP contribution in [-0.2, 0) is 11.3 Å². The van der Waals surface area contributed by atoms with Crippen molar-refractivity contribution in [3.63, 3.8) is 0 Å². The van der Waals surface area contributed by atoms with E-state index in [-0.39, 0.29) is 5.91 Å². The summed E-state index contributed by atoms with van der Waals surface area (Å²) in [5.41, 5.74) is 3.53. The zero-order chi connectivity index (χ0) is 21.0. The van der Waals surface area contributed by atoms with Gasteiger partial charge in [-0.15, -0.1) is 0 Å². The van der Waals surface area contributed by atoms with Gasteiger partial charge in [0.05, 0.1) is 6.54 Å². The molecule has 164 valence electrons. The molecule has 0 unspecified atom stereocenters. The molecule has 2 aliphatic carbocycles. The average molecular weight is 419 g/mol. The van der Waals surface area contributed by atoms with Crippen molar-refractivity contribution in [2.75, 3.05) is 49.5 Å². The molecule has 1 saturated heterocycles. The van der Waals surface area contributed by atoms with Gasteiger partial charge in [0.1, 0.15) is 0 Å². The van der Waals surface area contributed by atoms with E-state index in [0.29, 0.717) is 12.6 Å². The first-order valence-electron chi connectivity index (χ1n) is 11.9. The van der Waals surface area contributed by atoms with E-state index in [1.54, 1.807) is 0 Å². The highest BCUT2D eigenvalue weighted by Crippen LogP contribution is 2.34. The second-order valence-electron chi connectivity index (χ2n) is 9.45. The Balaban J connectivity index is 1.09.